The van der Waals surface area contributed by atoms with Crippen molar-refractivity contribution in [3.63, 3.8) is 0 Å². The number of hydrogen-bond donors (Lipinski definition) is 1. The van der Waals surface area contributed by atoms with E-state index >= 15 is 0 Å². The fraction of sp³-hybridized carbons (Fsp3) is 0.421. The smallest absolute Gasteiger partial charge is 0.352 e. The van der Waals surface area contributed by atoms with Gasteiger partial charge in [-0.15, -0.1) is 10.2 Å². The van der Waals surface area contributed by atoms with Gasteiger partial charge in [0, 0.05) is 26.2 Å². The van der Waals surface area contributed by atoms with Crippen molar-refractivity contribution in [1.82, 2.24) is 15.1 Å². The highest BCUT2D eigenvalue weighted by molar-refractivity contribution is 7.92. The van der Waals surface area contributed by atoms with Gasteiger partial charge in [-0.3, -0.25) is 9.52 Å². The first kappa shape index (κ1) is 22.8. The molecule has 1 fully saturated rings. The Morgan fingerprint density at radius 2 is 1.74 bits per heavy atom. The molecule has 2 heterocycles. The second kappa shape index (κ2) is 9.08. The predicted molar refractivity (Wildman–Crippen MR) is 109 cm³/mol. The van der Waals surface area contributed by atoms with E-state index in [-0.39, 0.29) is 30.2 Å². The average molecular weight is 457 g/mol. The van der Waals surface area contributed by atoms with Crippen LogP contribution in [0.2, 0.25) is 0 Å². The van der Waals surface area contributed by atoms with Gasteiger partial charge in [0.2, 0.25) is 10.0 Å². The molecular weight excluding hydrogens is 435 g/mol. The number of hydrogen-bond acceptors (Lipinski definition) is 6. The van der Waals surface area contributed by atoms with E-state index in [1.807, 2.05) is 4.90 Å². The highest BCUT2D eigenvalue weighted by Gasteiger charge is 2.36. The summed E-state index contributed by atoms with van der Waals surface area (Å²) in [5.74, 6) is -0.0977. The van der Waals surface area contributed by atoms with Crippen LogP contribution in [0, 0.1) is 0 Å². The van der Waals surface area contributed by atoms with Gasteiger partial charge in [0.1, 0.15) is 0 Å². The van der Waals surface area contributed by atoms with Crippen LogP contribution in [0.3, 0.4) is 0 Å². The lowest BCUT2D eigenvalue weighted by atomic mass is 10.1. The first-order chi connectivity index (χ1) is 14.6. The van der Waals surface area contributed by atoms with Crippen LogP contribution in [0.1, 0.15) is 29.3 Å². The summed E-state index contributed by atoms with van der Waals surface area (Å²) in [6.45, 7) is 2.90. The van der Waals surface area contributed by atoms with Crippen molar-refractivity contribution in [3.8, 4) is 0 Å². The summed E-state index contributed by atoms with van der Waals surface area (Å²) in [5, 5.41) is 7.89. The number of anilines is 2. The van der Waals surface area contributed by atoms with Gasteiger partial charge in [0.15, 0.2) is 11.6 Å². The van der Waals surface area contributed by atoms with Gasteiger partial charge in [-0.1, -0.05) is 19.1 Å². The maximum atomic E-state index is 13.2. The number of sulfonamides is 1. The Kier molecular flexibility index (Phi) is 6.68. The molecule has 168 valence electrons. The molecule has 3 rings (SSSR count). The fourth-order valence-electron chi connectivity index (χ4n) is 3.25. The van der Waals surface area contributed by atoms with Gasteiger partial charge in [-0.25, -0.2) is 8.42 Å². The molecule has 0 saturated carbocycles. The summed E-state index contributed by atoms with van der Waals surface area (Å²) >= 11 is 0. The molecule has 1 aromatic carbocycles. The summed E-state index contributed by atoms with van der Waals surface area (Å²) in [5.41, 5.74) is -1.32. The van der Waals surface area contributed by atoms with Gasteiger partial charge >= 0.3 is 6.18 Å². The first-order valence-corrected chi connectivity index (χ1v) is 11.3. The fourth-order valence-corrected chi connectivity index (χ4v) is 4.32. The van der Waals surface area contributed by atoms with Crippen LogP contribution >= 0.6 is 0 Å². The Labute approximate surface area is 178 Å². The van der Waals surface area contributed by atoms with Crippen LogP contribution in [0.5, 0.6) is 0 Å². The lowest BCUT2D eigenvalue weighted by Gasteiger charge is -2.35. The third kappa shape index (κ3) is 5.63. The highest BCUT2D eigenvalue weighted by Crippen LogP contribution is 2.32. The van der Waals surface area contributed by atoms with E-state index in [2.05, 4.69) is 14.9 Å². The van der Waals surface area contributed by atoms with E-state index in [9.17, 15) is 26.4 Å². The molecule has 8 nitrogen and oxygen atoms in total. The van der Waals surface area contributed by atoms with Gasteiger partial charge in [0.05, 0.1) is 16.9 Å². The van der Waals surface area contributed by atoms with E-state index in [1.165, 1.54) is 29.2 Å². The molecule has 1 aliphatic rings. The molecule has 0 spiro atoms. The van der Waals surface area contributed by atoms with Crippen LogP contribution in [0.25, 0.3) is 0 Å². The normalized spacial score (nSPS) is 15.1. The minimum absolute atomic E-state index is 0.0239. The lowest BCUT2D eigenvalue weighted by molar-refractivity contribution is -0.138. The molecule has 0 aliphatic carbocycles. The van der Waals surface area contributed by atoms with Gasteiger partial charge in [0.25, 0.3) is 5.91 Å². The number of piperazine rings is 1. The molecule has 1 saturated heterocycles. The van der Waals surface area contributed by atoms with E-state index in [0.717, 1.165) is 6.07 Å². The standard InChI is InChI=1S/C19H22F3N5O3S/c1-2-13-31(29,30)25-16-7-8-17(24-23-16)26-9-11-27(12-10-26)18(28)14-5-3-4-6-15(14)19(20,21)22/h3-8H,2,9-13H2,1H3,(H,23,25). The van der Waals surface area contributed by atoms with Crippen LogP contribution in [0.4, 0.5) is 24.8 Å². The van der Waals surface area contributed by atoms with Crippen LogP contribution in [-0.4, -0.2) is 61.4 Å². The summed E-state index contributed by atoms with van der Waals surface area (Å²) in [6, 6.07) is 7.84. The number of amides is 1. The zero-order valence-electron chi connectivity index (χ0n) is 16.8. The second-order valence-corrected chi connectivity index (χ2v) is 8.86. The molecule has 12 heteroatoms. The maximum Gasteiger partial charge on any atom is 0.417 e. The largest absolute Gasteiger partial charge is 0.417 e. The van der Waals surface area contributed by atoms with Crippen LogP contribution in [0.15, 0.2) is 36.4 Å². The molecule has 31 heavy (non-hydrogen) atoms. The van der Waals surface area contributed by atoms with Crippen LogP contribution in [-0.2, 0) is 16.2 Å². The molecule has 0 bridgehead atoms. The quantitative estimate of drug-likeness (QED) is 0.717. The Hall–Kier alpha value is -2.89. The zero-order chi connectivity index (χ0) is 22.6. The Morgan fingerprint density at radius 3 is 2.32 bits per heavy atom. The molecular formula is C19H22F3N5O3S. The summed E-state index contributed by atoms with van der Waals surface area (Å²) in [7, 11) is -3.47. The molecule has 0 radical (unpaired) electrons. The highest BCUT2D eigenvalue weighted by atomic mass is 32.2. The number of aromatic nitrogens is 2. The second-order valence-electron chi connectivity index (χ2n) is 7.02. The van der Waals surface area contributed by atoms with Crippen molar-refractivity contribution in [2.24, 2.45) is 0 Å². The minimum atomic E-state index is -4.61. The molecule has 1 N–H and O–H groups in total. The molecule has 0 atom stereocenters. The SMILES string of the molecule is CCCS(=O)(=O)Nc1ccc(N2CCN(C(=O)c3ccccc3C(F)(F)F)CC2)nn1. The first-order valence-electron chi connectivity index (χ1n) is 9.65. The monoisotopic (exact) mass is 457 g/mol. The van der Waals surface area contributed by atoms with Crippen molar-refractivity contribution >= 4 is 27.6 Å². The van der Waals surface area contributed by atoms with Crippen molar-refractivity contribution in [2.75, 3.05) is 41.6 Å². The van der Waals surface area contributed by atoms with E-state index in [4.69, 9.17) is 0 Å². The van der Waals surface area contributed by atoms with Crippen molar-refractivity contribution in [3.05, 3.63) is 47.5 Å². The molecule has 1 aromatic heterocycles. The number of alkyl halides is 3. The number of nitrogens with zero attached hydrogens (tertiary/aromatic N) is 4. The van der Waals surface area contributed by atoms with E-state index in [0.29, 0.717) is 25.3 Å². The number of nitrogens with one attached hydrogen (secondary N) is 1. The van der Waals surface area contributed by atoms with Gasteiger partial charge in [-0.05, 0) is 30.7 Å². The summed E-state index contributed by atoms with van der Waals surface area (Å²) in [4.78, 5) is 15.9. The number of benzene rings is 1. The molecule has 1 aliphatic heterocycles. The summed E-state index contributed by atoms with van der Waals surface area (Å²) in [6.07, 6.45) is -4.14. The third-order valence-corrected chi connectivity index (χ3v) is 6.20. The average Bonchev–Trinajstić information content (AvgIpc) is 2.73. The zero-order valence-corrected chi connectivity index (χ0v) is 17.6. The van der Waals surface area contributed by atoms with E-state index in [1.54, 1.807) is 13.0 Å². The van der Waals surface area contributed by atoms with Gasteiger partial charge < -0.3 is 9.80 Å². The number of carbonyl (C=O) groups is 1. The Morgan fingerprint density at radius 1 is 1.06 bits per heavy atom. The Bertz CT molecular complexity index is 1020. The topological polar surface area (TPSA) is 95.5 Å². The molecule has 2 aromatic rings. The number of rotatable bonds is 6. The lowest BCUT2D eigenvalue weighted by Crippen LogP contribution is -2.49. The van der Waals surface area contributed by atoms with Gasteiger partial charge in [-0.2, -0.15) is 13.2 Å². The number of carbonyl (C=O) groups excluding carboxylic acids is 1. The third-order valence-electron chi connectivity index (χ3n) is 4.74. The van der Waals surface area contributed by atoms with Crippen molar-refractivity contribution in [2.45, 2.75) is 19.5 Å². The van der Waals surface area contributed by atoms with Crippen molar-refractivity contribution < 1.29 is 26.4 Å². The Balaban J connectivity index is 1.63. The molecule has 0 unspecified atom stereocenters. The maximum absolute atomic E-state index is 13.2. The molecule has 1 amide bonds. The van der Waals surface area contributed by atoms with E-state index < -0.39 is 27.7 Å². The summed E-state index contributed by atoms with van der Waals surface area (Å²) < 4.78 is 65.5. The van der Waals surface area contributed by atoms with Crippen LogP contribution < -0.4 is 9.62 Å². The van der Waals surface area contributed by atoms with Crippen molar-refractivity contribution in [1.29, 1.82) is 0 Å². The minimum Gasteiger partial charge on any atom is -0.352 e. The number of halogens is 3. The predicted octanol–water partition coefficient (Wildman–Crippen LogP) is 2.61.